The first kappa shape index (κ1) is 20.1. The van der Waals surface area contributed by atoms with Crippen LogP contribution in [0.3, 0.4) is 0 Å². The van der Waals surface area contributed by atoms with Crippen molar-refractivity contribution < 1.29 is 19.8 Å². The zero-order chi connectivity index (χ0) is 21.1. The van der Waals surface area contributed by atoms with E-state index < -0.39 is 22.8 Å². The van der Waals surface area contributed by atoms with Gasteiger partial charge in [-0.1, -0.05) is 70.0 Å². The van der Waals surface area contributed by atoms with Crippen molar-refractivity contribution in [3.05, 3.63) is 79.7 Å². The van der Waals surface area contributed by atoms with Crippen LogP contribution in [0.25, 0.3) is 11.1 Å². The summed E-state index contributed by atoms with van der Waals surface area (Å²) in [7, 11) is 0. The van der Waals surface area contributed by atoms with Gasteiger partial charge in [0.25, 0.3) is 0 Å². The van der Waals surface area contributed by atoms with E-state index in [1.54, 1.807) is 0 Å². The number of aliphatic carboxylic acids is 2. The molecule has 0 aromatic heterocycles. The SMILES string of the molecule is CC12CC(C)(C(C(=O)O)=C1C(=O)O)C(c1ccc(Br)cc1)=C2c1ccc(Br)cc1. The predicted octanol–water partition coefficient (Wildman–Crippen LogP) is 6.02. The van der Waals surface area contributed by atoms with E-state index in [-0.39, 0.29) is 11.1 Å². The van der Waals surface area contributed by atoms with Crippen molar-refractivity contribution in [2.45, 2.75) is 20.3 Å². The Morgan fingerprint density at radius 3 is 1.31 bits per heavy atom. The Labute approximate surface area is 185 Å². The quantitative estimate of drug-likeness (QED) is 0.520. The van der Waals surface area contributed by atoms with Crippen molar-refractivity contribution in [3.63, 3.8) is 0 Å². The Bertz CT molecular complexity index is 1030. The molecule has 148 valence electrons. The smallest absolute Gasteiger partial charge is 0.333 e. The normalized spacial score (nSPS) is 25.7. The second-order valence-electron chi connectivity index (χ2n) is 7.97. The van der Waals surface area contributed by atoms with E-state index in [1.165, 1.54) is 0 Å². The lowest BCUT2D eigenvalue weighted by molar-refractivity contribution is -0.136. The van der Waals surface area contributed by atoms with Gasteiger partial charge in [0.15, 0.2) is 0 Å². The Morgan fingerprint density at radius 1 is 0.724 bits per heavy atom. The highest BCUT2D eigenvalue weighted by Crippen LogP contribution is 2.71. The molecule has 2 unspecified atom stereocenters. The van der Waals surface area contributed by atoms with Crippen molar-refractivity contribution in [3.8, 4) is 0 Å². The minimum absolute atomic E-state index is 0.00807. The molecule has 2 aromatic rings. The second kappa shape index (κ2) is 6.67. The van der Waals surface area contributed by atoms with Crippen molar-refractivity contribution >= 4 is 54.9 Å². The Kier molecular flexibility index (Phi) is 4.63. The van der Waals surface area contributed by atoms with Crippen LogP contribution in [-0.2, 0) is 9.59 Å². The van der Waals surface area contributed by atoms with E-state index >= 15 is 0 Å². The van der Waals surface area contributed by atoms with E-state index in [4.69, 9.17) is 0 Å². The molecule has 0 aliphatic heterocycles. The van der Waals surface area contributed by atoms with Crippen molar-refractivity contribution in [2.75, 3.05) is 0 Å². The minimum atomic E-state index is -1.17. The Hall–Kier alpha value is -2.18. The molecule has 0 saturated carbocycles. The summed E-state index contributed by atoms with van der Waals surface area (Å²) in [6, 6.07) is 15.5. The molecule has 0 saturated heterocycles. The van der Waals surface area contributed by atoms with Crippen LogP contribution in [0, 0.1) is 10.8 Å². The van der Waals surface area contributed by atoms with Gasteiger partial charge in [0.2, 0.25) is 0 Å². The summed E-state index contributed by atoms with van der Waals surface area (Å²) in [6.07, 6.45) is 0.417. The maximum Gasteiger partial charge on any atom is 0.333 e. The predicted molar refractivity (Wildman–Crippen MR) is 118 cm³/mol. The minimum Gasteiger partial charge on any atom is -0.478 e. The lowest BCUT2D eigenvalue weighted by atomic mass is 9.69. The molecule has 4 rings (SSSR count). The van der Waals surface area contributed by atoms with E-state index in [1.807, 2.05) is 62.4 Å². The van der Waals surface area contributed by atoms with E-state index in [0.29, 0.717) is 6.42 Å². The van der Waals surface area contributed by atoms with Gasteiger partial charge in [-0.2, -0.15) is 0 Å². The topological polar surface area (TPSA) is 74.6 Å². The standard InChI is InChI=1S/C23H18Br2O4/c1-22-11-23(2,19(21(28)29)18(22)20(26)27)17(13-5-9-15(25)10-6-13)16(22)12-3-7-14(24)8-4-12/h3-10H,11H2,1-2H3,(H,26,27)(H,28,29). The van der Waals surface area contributed by atoms with Crippen LogP contribution in [-0.4, -0.2) is 22.2 Å². The molecule has 29 heavy (non-hydrogen) atoms. The lowest BCUT2D eigenvalue weighted by Crippen LogP contribution is -2.28. The lowest BCUT2D eigenvalue weighted by Gasteiger charge is -2.32. The average Bonchev–Trinajstić information content (AvgIpc) is 3.04. The van der Waals surface area contributed by atoms with Crippen LogP contribution >= 0.6 is 31.9 Å². The van der Waals surface area contributed by atoms with Gasteiger partial charge in [-0.25, -0.2) is 9.59 Å². The maximum atomic E-state index is 12.2. The zero-order valence-electron chi connectivity index (χ0n) is 15.8. The number of hydrogen-bond acceptors (Lipinski definition) is 2. The first-order valence-electron chi connectivity index (χ1n) is 9.08. The summed E-state index contributed by atoms with van der Waals surface area (Å²) in [5, 5.41) is 20.0. The van der Waals surface area contributed by atoms with Crippen LogP contribution in [0.5, 0.6) is 0 Å². The molecule has 2 bridgehead atoms. The van der Waals surface area contributed by atoms with Crippen molar-refractivity contribution in [2.24, 2.45) is 10.8 Å². The summed E-state index contributed by atoms with van der Waals surface area (Å²) in [4.78, 5) is 24.4. The third kappa shape index (κ3) is 2.84. The highest BCUT2D eigenvalue weighted by molar-refractivity contribution is 9.10. The van der Waals surface area contributed by atoms with Crippen molar-refractivity contribution in [1.82, 2.24) is 0 Å². The fourth-order valence-electron chi connectivity index (χ4n) is 5.26. The van der Waals surface area contributed by atoms with E-state index in [0.717, 1.165) is 31.2 Å². The molecule has 0 amide bonds. The average molecular weight is 518 g/mol. The molecule has 2 atom stereocenters. The maximum absolute atomic E-state index is 12.2. The first-order chi connectivity index (χ1) is 13.6. The fraction of sp³-hybridized carbons (Fsp3) is 0.217. The number of allylic oxidation sites excluding steroid dienone is 2. The number of carboxylic acid groups (broad SMARTS) is 2. The molecule has 2 aliphatic rings. The third-order valence-corrected chi connectivity index (χ3v) is 7.17. The molecule has 0 heterocycles. The summed E-state index contributed by atoms with van der Waals surface area (Å²) < 4.78 is 1.85. The van der Waals surface area contributed by atoms with Crippen LogP contribution in [0.2, 0.25) is 0 Å². The fourth-order valence-corrected chi connectivity index (χ4v) is 5.79. The number of carbonyl (C=O) groups is 2. The van der Waals surface area contributed by atoms with Crippen LogP contribution in [0.1, 0.15) is 31.4 Å². The number of rotatable bonds is 4. The molecule has 6 heteroatoms. The molecule has 0 spiro atoms. The van der Waals surface area contributed by atoms with Gasteiger partial charge in [-0.15, -0.1) is 0 Å². The molecular formula is C23H18Br2O4. The zero-order valence-corrected chi connectivity index (χ0v) is 19.0. The number of carboxylic acids is 2. The summed E-state index contributed by atoms with van der Waals surface area (Å²) in [5.41, 5.74) is 1.77. The monoisotopic (exact) mass is 516 g/mol. The first-order valence-corrected chi connectivity index (χ1v) is 10.7. The van der Waals surface area contributed by atoms with Crippen LogP contribution in [0.15, 0.2) is 68.6 Å². The van der Waals surface area contributed by atoms with Gasteiger partial charge in [-0.3, -0.25) is 0 Å². The molecule has 2 aromatic carbocycles. The molecular weight excluding hydrogens is 500 g/mol. The van der Waals surface area contributed by atoms with Gasteiger partial charge in [0.1, 0.15) is 0 Å². The summed E-state index contributed by atoms with van der Waals surface area (Å²) >= 11 is 6.90. The van der Waals surface area contributed by atoms with E-state index in [9.17, 15) is 19.8 Å². The summed E-state index contributed by atoms with van der Waals surface area (Å²) in [5.74, 6) is -2.34. The number of fused-ring (bicyclic) bond motifs is 2. The van der Waals surface area contributed by atoms with Crippen molar-refractivity contribution in [1.29, 1.82) is 0 Å². The van der Waals surface area contributed by atoms with Crippen LogP contribution in [0.4, 0.5) is 0 Å². The summed E-state index contributed by atoms with van der Waals surface area (Å²) in [6.45, 7) is 3.71. The number of benzene rings is 2. The number of hydrogen-bond donors (Lipinski definition) is 2. The van der Waals surface area contributed by atoms with Gasteiger partial charge in [0.05, 0.1) is 11.1 Å². The van der Waals surface area contributed by atoms with E-state index in [2.05, 4.69) is 31.9 Å². The van der Waals surface area contributed by atoms with Gasteiger partial charge in [0, 0.05) is 19.8 Å². The third-order valence-electron chi connectivity index (χ3n) is 6.11. The van der Waals surface area contributed by atoms with Gasteiger partial charge >= 0.3 is 11.9 Å². The highest BCUT2D eigenvalue weighted by atomic mass is 79.9. The molecule has 0 fully saturated rings. The number of halogens is 2. The van der Waals surface area contributed by atoms with Crippen LogP contribution < -0.4 is 0 Å². The second-order valence-corrected chi connectivity index (χ2v) is 9.80. The molecule has 0 radical (unpaired) electrons. The Balaban J connectivity index is 2.09. The highest BCUT2D eigenvalue weighted by Gasteiger charge is 2.63. The molecule has 4 nitrogen and oxygen atoms in total. The van der Waals surface area contributed by atoms with Gasteiger partial charge in [-0.05, 0) is 53.0 Å². The Morgan fingerprint density at radius 2 is 1.03 bits per heavy atom. The largest absolute Gasteiger partial charge is 0.478 e. The molecule has 2 N–H and O–H groups in total. The van der Waals surface area contributed by atoms with Gasteiger partial charge < -0.3 is 10.2 Å². The molecule has 2 aliphatic carbocycles.